The van der Waals surface area contributed by atoms with Gasteiger partial charge in [-0.25, -0.2) is 9.97 Å². The molecular weight excluding hydrogens is 238 g/mol. The number of rotatable bonds is 2. The molecule has 2 N–H and O–H groups in total. The lowest BCUT2D eigenvalue weighted by Crippen LogP contribution is -1.98. The van der Waals surface area contributed by atoms with Crippen LogP contribution in [0.5, 0.6) is 5.75 Å². The van der Waals surface area contributed by atoms with E-state index in [1.807, 2.05) is 25.1 Å². The lowest BCUT2D eigenvalue weighted by Gasteiger charge is -2.07. The maximum absolute atomic E-state index is 5.96. The van der Waals surface area contributed by atoms with E-state index in [0.29, 0.717) is 10.8 Å². The van der Waals surface area contributed by atoms with Gasteiger partial charge in [-0.3, -0.25) is 0 Å². The van der Waals surface area contributed by atoms with Crippen molar-refractivity contribution in [1.82, 2.24) is 9.97 Å². The minimum atomic E-state index is 0.258. The molecule has 0 aliphatic heterocycles. The van der Waals surface area contributed by atoms with Gasteiger partial charge in [0.2, 0.25) is 5.95 Å². The van der Waals surface area contributed by atoms with Crippen LogP contribution in [0.2, 0.25) is 5.02 Å². The first kappa shape index (κ1) is 11.7. The number of hydrogen-bond donors (Lipinski definition) is 1. The number of aromatic nitrogens is 2. The zero-order valence-corrected chi connectivity index (χ0v) is 10.3. The third-order valence-electron chi connectivity index (χ3n) is 2.32. The Bertz CT molecular complexity index is 537. The van der Waals surface area contributed by atoms with Gasteiger partial charge in [-0.1, -0.05) is 17.7 Å². The van der Waals surface area contributed by atoms with Crippen molar-refractivity contribution in [2.75, 3.05) is 12.8 Å². The molecule has 2 rings (SSSR count). The fourth-order valence-corrected chi connectivity index (χ4v) is 1.75. The van der Waals surface area contributed by atoms with E-state index in [-0.39, 0.29) is 5.95 Å². The number of aryl methyl sites for hydroxylation is 1. The summed E-state index contributed by atoms with van der Waals surface area (Å²) in [4.78, 5) is 8.21. The van der Waals surface area contributed by atoms with Gasteiger partial charge < -0.3 is 10.5 Å². The van der Waals surface area contributed by atoms with Gasteiger partial charge in [0, 0.05) is 11.3 Å². The predicted molar refractivity (Wildman–Crippen MR) is 68.2 cm³/mol. The second kappa shape index (κ2) is 4.59. The van der Waals surface area contributed by atoms with Crippen LogP contribution in [0.25, 0.3) is 11.3 Å². The topological polar surface area (TPSA) is 61.0 Å². The van der Waals surface area contributed by atoms with E-state index in [2.05, 4.69) is 9.97 Å². The summed E-state index contributed by atoms with van der Waals surface area (Å²) in [5.41, 5.74) is 8.09. The van der Waals surface area contributed by atoms with Gasteiger partial charge in [-0.2, -0.15) is 0 Å². The number of hydrogen-bond acceptors (Lipinski definition) is 4. The number of nitrogen functional groups attached to an aromatic ring is 1. The Balaban J connectivity index is 2.52. The molecule has 88 valence electrons. The fourth-order valence-electron chi connectivity index (χ4n) is 1.56. The third kappa shape index (κ3) is 2.47. The Morgan fingerprint density at radius 1 is 1.24 bits per heavy atom. The zero-order valence-electron chi connectivity index (χ0n) is 9.57. The van der Waals surface area contributed by atoms with Crippen molar-refractivity contribution < 1.29 is 4.74 Å². The van der Waals surface area contributed by atoms with Gasteiger partial charge in [0.1, 0.15) is 5.75 Å². The zero-order chi connectivity index (χ0) is 12.4. The van der Waals surface area contributed by atoms with Gasteiger partial charge in [-0.05, 0) is 25.1 Å². The normalized spacial score (nSPS) is 10.3. The molecule has 5 heteroatoms. The summed E-state index contributed by atoms with van der Waals surface area (Å²) >= 11 is 5.96. The Labute approximate surface area is 104 Å². The van der Waals surface area contributed by atoms with E-state index in [4.69, 9.17) is 22.1 Å². The van der Waals surface area contributed by atoms with E-state index in [9.17, 15) is 0 Å². The number of methoxy groups -OCH3 is 1. The van der Waals surface area contributed by atoms with Gasteiger partial charge in [0.15, 0.2) is 0 Å². The number of anilines is 1. The minimum Gasteiger partial charge on any atom is -0.495 e. The van der Waals surface area contributed by atoms with Gasteiger partial charge in [-0.15, -0.1) is 0 Å². The van der Waals surface area contributed by atoms with Crippen LogP contribution in [0, 0.1) is 6.92 Å². The molecule has 2 aromatic rings. The molecule has 0 aliphatic rings. The van der Waals surface area contributed by atoms with Crippen molar-refractivity contribution in [2.45, 2.75) is 6.92 Å². The van der Waals surface area contributed by atoms with Gasteiger partial charge in [0.05, 0.1) is 17.8 Å². The number of ether oxygens (including phenoxy) is 1. The lowest BCUT2D eigenvalue weighted by molar-refractivity contribution is 0.415. The maximum atomic E-state index is 5.96. The van der Waals surface area contributed by atoms with E-state index < -0.39 is 0 Å². The number of benzene rings is 1. The highest BCUT2D eigenvalue weighted by Gasteiger charge is 2.06. The molecule has 1 aromatic carbocycles. The Hall–Kier alpha value is -1.81. The number of halogens is 1. The molecule has 0 atom stereocenters. The minimum absolute atomic E-state index is 0.258. The van der Waals surface area contributed by atoms with Crippen LogP contribution in [-0.2, 0) is 0 Å². The van der Waals surface area contributed by atoms with Crippen molar-refractivity contribution in [1.29, 1.82) is 0 Å². The molecule has 0 saturated heterocycles. The Kier molecular flexibility index (Phi) is 3.15. The standard InChI is InChI=1S/C12H12ClN3O/c1-7-5-10(16-12(14)15-7)8-3-4-9(13)11(6-8)17-2/h3-6H,1-2H3,(H2,14,15,16). The molecule has 0 fully saturated rings. The van der Waals surface area contributed by atoms with Crippen LogP contribution < -0.4 is 10.5 Å². The molecule has 0 radical (unpaired) electrons. The van der Waals surface area contributed by atoms with E-state index >= 15 is 0 Å². The molecule has 17 heavy (non-hydrogen) atoms. The van der Waals surface area contributed by atoms with Crippen molar-refractivity contribution in [3.05, 3.63) is 35.0 Å². The Morgan fingerprint density at radius 3 is 2.65 bits per heavy atom. The SMILES string of the molecule is COc1cc(-c2cc(C)nc(N)n2)ccc1Cl. The first-order chi connectivity index (χ1) is 8.10. The van der Waals surface area contributed by atoms with Crippen molar-refractivity contribution in [3.8, 4) is 17.0 Å². The third-order valence-corrected chi connectivity index (χ3v) is 2.63. The molecule has 0 aliphatic carbocycles. The molecule has 0 unspecified atom stereocenters. The highest BCUT2D eigenvalue weighted by molar-refractivity contribution is 6.32. The summed E-state index contributed by atoms with van der Waals surface area (Å²) in [7, 11) is 1.57. The second-order valence-corrected chi connectivity index (χ2v) is 4.01. The summed E-state index contributed by atoms with van der Waals surface area (Å²) in [6.07, 6.45) is 0. The molecule has 1 heterocycles. The summed E-state index contributed by atoms with van der Waals surface area (Å²) in [6.45, 7) is 1.87. The van der Waals surface area contributed by atoms with Gasteiger partial charge >= 0.3 is 0 Å². The molecule has 0 saturated carbocycles. The summed E-state index contributed by atoms with van der Waals surface area (Å²) < 4.78 is 5.16. The average molecular weight is 250 g/mol. The summed E-state index contributed by atoms with van der Waals surface area (Å²) in [6, 6.07) is 7.32. The average Bonchev–Trinajstić information content (AvgIpc) is 2.28. The van der Waals surface area contributed by atoms with Crippen molar-refractivity contribution in [3.63, 3.8) is 0 Å². The number of nitrogens with two attached hydrogens (primary N) is 1. The van der Waals surface area contributed by atoms with Crippen LogP contribution in [0.15, 0.2) is 24.3 Å². The Morgan fingerprint density at radius 2 is 2.00 bits per heavy atom. The van der Waals surface area contributed by atoms with Crippen molar-refractivity contribution in [2.24, 2.45) is 0 Å². The monoisotopic (exact) mass is 249 g/mol. The summed E-state index contributed by atoms with van der Waals surface area (Å²) in [5.74, 6) is 0.868. The largest absolute Gasteiger partial charge is 0.495 e. The first-order valence-electron chi connectivity index (χ1n) is 5.05. The smallest absolute Gasteiger partial charge is 0.220 e. The first-order valence-corrected chi connectivity index (χ1v) is 5.43. The molecule has 0 amide bonds. The van der Waals surface area contributed by atoms with Crippen LogP contribution in [0.3, 0.4) is 0 Å². The van der Waals surface area contributed by atoms with Crippen LogP contribution in [-0.4, -0.2) is 17.1 Å². The van der Waals surface area contributed by atoms with E-state index in [1.165, 1.54) is 0 Å². The lowest BCUT2D eigenvalue weighted by atomic mass is 10.1. The molecule has 0 bridgehead atoms. The van der Waals surface area contributed by atoms with Crippen LogP contribution in [0.4, 0.5) is 5.95 Å². The van der Waals surface area contributed by atoms with Crippen LogP contribution in [0.1, 0.15) is 5.69 Å². The predicted octanol–water partition coefficient (Wildman–Crippen LogP) is 2.70. The fraction of sp³-hybridized carbons (Fsp3) is 0.167. The van der Waals surface area contributed by atoms with Gasteiger partial charge in [0.25, 0.3) is 0 Å². The highest BCUT2D eigenvalue weighted by atomic mass is 35.5. The maximum Gasteiger partial charge on any atom is 0.220 e. The molecule has 4 nitrogen and oxygen atoms in total. The summed E-state index contributed by atoms with van der Waals surface area (Å²) in [5, 5.41) is 0.565. The molecule has 1 aromatic heterocycles. The number of nitrogens with zero attached hydrogens (tertiary/aromatic N) is 2. The van der Waals surface area contributed by atoms with Crippen molar-refractivity contribution >= 4 is 17.5 Å². The quantitative estimate of drug-likeness (QED) is 0.889. The molecular formula is C12H12ClN3O. The second-order valence-electron chi connectivity index (χ2n) is 3.60. The van der Waals surface area contributed by atoms with E-state index in [0.717, 1.165) is 17.0 Å². The van der Waals surface area contributed by atoms with E-state index in [1.54, 1.807) is 13.2 Å². The highest BCUT2D eigenvalue weighted by Crippen LogP contribution is 2.29. The van der Waals surface area contributed by atoms with Crippen LogP contribution >= 0.6 is 11.6 Å². The molecule has 0 spiro atoms.